The Bertz CT molecular complexity index is 647. The number of sulfonamides is 1. The molecule has 1 N–H and O–H groups in total. The third kappa shape index (κ3) is 4.16. The highest BCUT2D eigenvalue weighted by Crippen LogP contribution is 2.32. The van der Waals surface area contributed by atoms with E-state index in [0.29, 0.717) is 37.2 Å². The third-order valence-corrected chi connectivity index (χ3v) is 5.74. The van der Waals surface area contributed by atoms with Crippen molar-refractivity contribution in [2.75, 3.05) is 39.4 Å². The molecule has 1 atom stereocenters. The van der Waals surface area contributed by atoms with E-state index in [0.717, 1.165) is 19.6 Å². The number of benzene rings is 1. The predicted molar refractivity (Wildman–Crippen MR) is 87.5 cm³/mol. The Morgan fingerprint density at radius 3 is 2.83 bits per heavy atom. The van der Waals surface area contributed by atoms with E-state index in [4.69, 9.17) is 9.47 Å². The molecule has 3 rings (SSSR count). The number of nitrogens with zero attached hydrogens (tertiary/aromatic N) is 1. The van der Waals surface area contributed by atoms with E-state index in [-0.39, 0.29) is 4.90 Å². The van der Waals surface area contributed by atoms with Gasteiger partial charge >= 0.3 is 0 Å². The van der Waals surface area contributed by atoms with Gasteiger partial charge in [-0.1, -0.05) is 6.92 Å². The molecule has 2 heterocycles. The van der Waals surface area contributed by atoms with Crippen molar-refractivity contribution in [3.63, 3.8) is 0 Å². The van der Waals surface area contributed by atoms with Gasteiger partial charge in [0.2, 0.25) is 10.0 Å². The number of nitrogens with one attached hydrogen (secondary N) is 1. The summed E-state index contributed by atoms with van der Waals surface area (Å²) in [4.78, 5) is 2.54. The van der Waals surface area contributed by atoms with Crippen LogP contribution in [0.4, 0.5) is 0 Å². The smallest absolute Gasteiger partial charge is 0.240 e. The summed E-state index contributed by atoms with van der Waals surface area (Å²) in [6.07, 6.45) is 2.45. The fourth-order valence-electron chi connectivity index (χ4n) is 3.10. The summed E-state index contributed by atoms with van der Waals surface area (Å²) < 4.78 is 38.3. The fraction of sp³-hybridized carbons (Fsp3) is 0.625. The normalized spacial score (nSPS) is 22.0. The largest absolute Gasteiger partial charge is 0.486 e. The number of fused-ring (bicyclic) bond motifs is 1. The third-order valence-electron chi connectivity index (χ3n) is 4.29. The van der Waals surface area contributed by atoms with Crippen LogP contribution in [0.3, 0.4) is 0 Å². The van der Waals surface area contributed by atoms with Crippen molar-refractivity contribution in [3.05, 3.63) is 18.2 Å². The summed E-state index contributed by atoms with van der Waals surface area (Å²) in [6, 6.07) is 4.73. The van der Waals surface area contributed by atoms with E-state index in [1.165, 1.54) is 18.9 Å². The molecule has 1 fully saturated rings. The summed E-state index contributed by atoms with van der Waals surface area (Å²) in [7, 11) is -3.52. The Morgan fingerprint density at radius 1 is 1.26 bits per heavy atom. The lowest BCUT2D eigenvalue weighted by atomic mass is 10.0. The molecule has 0 bridgehead atoms. The van der Waals surface area contributed by atoms with Crippen molar-refractivity contribution in [1.82, 2.24) is 9.62 Å². The molecule has 2 aliphatic heterocycles. The zero-order valence-corrected chi connectivity index (χ0v) is 14.3. The highest BCUT2D eigenvalue weighted by Gasteiger charge is 2.20. The number of rotatable bonds is 5. The average molecular weight is 340 g/mol. The fourth-order valence-corrected chi connectivity index (χ4v) is 4.14. The summed E-state index contributed by atoms with van der Waals surface area (Å²) in [5.41, 5.74) is 0. The Labute approximate surface area is 137 Å². The topological polar surface area (TPSA) is 67.9 Å². The Kier molecular flexibility index (Phi) is 5.08. The lowest BCUT2D eigenvalue weighted by Crippen LogP contribution is -2.40. The molecule has 0 radical (unpaired) electrons. The molecule has 1 aromatic rings. The Balaban J connectivity index is 1.58. The van der Waals surface area contributed by atoms with E-state index in [9.17, 15) is 8.42 Å². The van der Waals surface area contributed by atoms with Crippen molar-refractivity contribution in [3.8, 4) is 11.5 Å². The van der Waals surface area contributed by atoms with Crippen molar-refractivity contribution in [2.24, 2.45) is 5.92 Å². The van der Waals surface area contributed by atoms with E-state index in [2.05, 4.69) is 16.5 Å². The quantitative estimate of drug-likeness (QED) is 0.879. The molecule has 7 heteroatoms. The van der Waals surface area contributed by atoms with Gasteiger partial charge < -0.3 is 14.4 Å². The zero-order chi connectivity index (χ0) is 16.3. The first kappa shape index (κ1) is 16.5. The molecule has 0 unspecified atom stereocenters. The van der Waals surface area contributed by atoms with Crippen molar-refractivity contribution >= 4 is 10.0 Å². The molecular weight excluding hydrogens is 316 g/mol. The van der Waals surface area contributed by atoms with Gasteiger partial charge in [-0.3, -0.25) is 0 Å². The molecule has 128 valence electrons. The van der Waals surface area contributed by atoms with Crippen LogP contribution in [0.25, 0.3) is 0 Å². The summed E-state index contributed by atoms with van der Waals surface area (Å²) in [5, 5.41) is 0. The van der Waals surface area contributed by atoms with E-state index in [1.54, 1.807) is 12.1 Å². The first-order valence-corrected chi connectivity index (χ1v) is 9.64. The lowest BCUT2D eigenvalue weighted by molar-refractivity contribution is 0.171. The van der Waals surface area contributed by atoms with Crippen LogP contribution in [-0.4, -0.2) is 52.7 Å². The van der Waals surface area contributed by atoms with Crippen LogP contribution >= 0.6 is 0 Å². The molecule has 0 spiro atoms. The lowest BCUT2D eigenvalue weighted by Gasteiger charge is -2.30. The monoisotopic (exact) mass is 340 g/mol. The second kappa shape index (κ2) is 7.07. The van der Waals surface area contributed by atoms with Crippen LogP contribution in [0.5, 0.6) is 11.5 Å². The van der Waals surface area contributed by atoms with Gasteiger partial charge in [0.15, 0.2) is 11.5 Å². The molecule has 1 aromatic carbocycles. The number of likely N-dealkylation sites (tertiary alicyclic amines) is 1. The molecule has 0 amide bonds. The van der Waals surface area contributed by atoms with Gasteiger partial charge in [0.25, 0.3) is 0 Å². The minimum atomic E-state index is -3.52. The van der Waals surface area contributed by atoms with Crippen molar-refractivity contribution in [1.29, 1.82) is 0 Å². The maximum absolute atomic E-state index is 12.4. The summed E-state index contributed by atoms with van der Waals surface area (Å²) in [5.74, 6) is 1.78. The van der Waals surface area contributed by atoms with Crippen molar-refractivity contribution < 1.29 is 17.9 Å². The van der Waals surface area contributed by atoms with Crippen LogP contribution in [0.2, 0.25) is 0 Å². The predicted octanol–water partition coefficient (Wildman–Crippen LogP) is 1.47. The molecule has 2 aliphatic rings. The number of hydrogen-bond acceptors (Lipinski definition) is 5. The van der Waals surface area contributed by atoms with Crippen LogP contribution in [0, 0.1) is 5.92 Å². The van der Waals surface area contributed by atoms with Crippen LogP contribution < -0.4 is 14.2 Å². The first-order chi connectivity index (χ1) is 11.0. The molecule has 1 saturated heterocycles. The van der Waals surface area contributed by atoms with Gasteiger partial charge in [-0.2, -0.15) is 0 Å². The Hall–Kier alpha value is -1.31. The second-order valence-electron chi connectivity index (χ2n) is 6.25. The summed E-state index contributed by atoms with van der Waals surface area (Å²) >= 11 is 0. The first-order valence-electron chi connectivity index (χ1n) is 8.16. The number of hydrogen-bond donors (Lipinski definition) is 1. The van der Waals surface area contributed by atoms with Gasteiger partial charge in [-0.05, 0) is 37.4 Å². The standard InChI is InChI=1S/C16H24N2O4S/c1-13-3-2-7-18(12-13)8-6-17-23(19,20)14-4-5-15-16(11-14)22-10-9-21-15/h4-5,11,13,17H,2-3,6-10,12H2,1H3/t13-/m0/s1. The molecular formula is C16H24N2O4S. The SMILES string of the molecule is C[C@H]1CCCN(CCNS(=O)(=O)c2ccc3c(c2)OCCO3)C1. The number of piperidine rings is 1. The van der Waals surface area contributed by atoms with Crippen LogP contribution in [-0.2, 0) is 10.0 Å². The molecule has 6 nitrogen and oxygen atoms in total. The van der Waals surface area contributed by atoms with E-state index >= 15 is 0 Å². The molecule has 0 saturated carbocycles. The minimum absolute atomic E-state index is 0.216. The maximum atomic E-state index is 12.4. The van der Waals surface area contributed by atoms with Gasteiger partial charge in [0.1, 0.15) is 13.2 Å². The number of ether oxygens (including phenoxy) is 2. The van der Waals surface area contributed by atoms with Crippen LogP contribution in [0.15, 0.2) is 23.1 Å². The highest BCUT2D eigenvalue weighted by atomic mass is 32.2. The van der Waals surface area contributed by atoms with E-state index < -0.39 is 10.0 Å². The van der Waals surface area contributed by atoms with Gasteiger partial charge in [-0.25, -0.2) is 13.1 Å². The van der Waals surface area contributed by atoms with Gasteiger partial charge in [0, 0.05) is 25.7 Å². The summed E-state index contributed by atoms with van der Waals surface area (Å²) in [6.45, 7) is 6.44. The second-order valence-corrected chi connectivity index (χ2v) is 8.02. The maximum Gasteiger partial charge on any atom is 0.240 e. The minimum Gasteiger partial charge on any atom is -0.486 e. The van der Waals surface area contributed by atoms with Crippen LogP contribution in [0.1, 0.15) is 19.8 Å². The highest BCUT2D eigenvalue weighted by molar-refractivity contribution is 7.89. The van der Waals surface area contributed by atoms with Gasteiger partial charge in [0.05, 0.1) is 4.90 Å². The van der Waals surface area contributed by atoms with Gasteiger partial charge in [-0.15, -0.1) is 0 Å². The molecule has 0 aromatic heterocycles. The Morgan fingerprint density at radius 2 is 2.04 bits per heavy atom. The molecule has 23 heavy (non-hydrogen) atoms. The van der Waals surface area contributed by atoms with Crippen molar-refractivity contribution in [2.45, 2.75) is 24.7 Å². The average Bonchev–Trinajstić information content (AvgIpc) is 2.54. The van der Waals surface area contributed by atoms with E-state index in [1.807, 2.05) is 0 Å². The zero-order valence-electron chi connectivity index (χ0n) is 13.5. The molecule has 0 aliphatic carbocycles.